The van der Waals surface area contributed by atoms with Crippen molar-refractivity contribution in [3.63, 3.8) is 0 Å². The van der Waals surface area contributed by atoms with Crippen molar-refractivity contribution in [2.75, 3.05) is 0 Å². The SMILES string of the molecule is CC[C@H](C(=O)c1ccccc1)[C@H](O)/C=C/c1ccccc1. The topological polar surface area (TPSA) is 37.3 Å². The van der Waals surface area contributed by atoms with E-state index in [0.29, 0.717) is 12.0 Å². The van der Waals surface area contributed by atoms with Crippen LogP contribution in [-0.4, -0.2) is 17.0 Å². The van der Waals surface area contributed by atoms with Crippen LogP contribution in [0.2, 0.25) is 0 Å². The van der Waals surface area contributed by atoms with Crippen LogP contribution >= 0.6 is 0 Å². The third-order valence-electron chi connectivity index (χ3n) is 3.53. The number of Topliss-reactive ketones (excluding diaryl/α,β-unsaturated/α-hetero) is 1. The van der Waals surface area contributed by atoms with E-state index in [1.54, 1.807) is 18.2 Å². The Bertz CT molecular complexity index is 587. The summed E-state index contributed by atoms with van der Waals surface area (Å²) in [7, 11) is 0. The molecule has 0 spiro atoms. The maximum atomic E-state index is 12.4. The molecule has 0 fully saturated rings. The molecule has 0 bridgehead atoms. The summed E-state index contributed by atoms with van der Waals surface area (Å²) in [6.07, 6.45) is 3.38. The van der Waals surface area contributed by atoms with Crippen molar-refractivity contribution in [1.29, 1.82) is 0 Å². The van der Waals surface area contributed by atoms with Gasteiger partial charge in [-0.3, -0.25) is 4.79 Å². The van der Waals surface area contributed by atoms with E-state index < -0.39 is 12.0 Å². The molecule has 0 saturated heterocycles. The molecule has 2 atom stereocenters. The Labute approximate surface area is 125 Å². The van der Waals surface area contributed by atoms with Crippen molar-refractivity contribution >= 4 is 11.9 Å². The molecule has 2 aromatic carbocycles. The fourth-order valence-electron chi connectivity index (χ4n) is 2.31. The van der Waals surface area contributed by atoms with Crippen LogP contribution in [0.4, 0.5) is 0 Å². The Hall–Kier alpha value is -2.19. The summed E-state index contributed by atoms with van der Waals surface area (Å²) in [5, 5.41) is 10.3. The van der Waals surface area contributed by atoms with Gasteiger partial charge in [0, 0.05) is 5.56 Å². The first-order valence-electron chi connectivity index (χ1n) is 7.23. The van der Waals surface area contributed by atoms with Crippen LogP contribution in [0.3, 0.4) is 0 Å². The monoisotopic (exact) mass is 280 g/mol. The smallest absolute Gasteiger partial charge is 0.168 e. The zero-order chi connectivity index (χ0) is 15.1. The second kappa shape index (κ2) is 7.55. The van der Waals surface area contributed by atoms with E-state index in [2.05, 4.69) is 0 Å². The molecule has 0 aromatic heterocycles. The van der Waals surface area contributed by atoms with Gasteiger partial charge in [0.25, 0.3) is 0 Å². The van der Waals surface area contributed by atoms with E-state index in [4.69, 9.17) is 0 Å². The molecule has 0 aliphatic rings. The minimum atomic E-state index is -0.775. The zero-order valence-corrected chi connectivity index (χ0v) is 12.1. The molecule has 0 amide bonds. The lowest BCUT2D eigenvalue weighted by Gasteiger charge is -2.17. The Balaban J connectivity index is 2.10. The summed E-state index contributed by atoms with van der Waals surface area (Å²) in [5.41, 5.74) is 1.66. The summed E-state index contributed by atoms with van der Waals surface area (Å²) in [6, 6.07) is 18.9. The van der Waals surface area contributed by atoms with Crippen LogP contribution in [0, 0.1) is 5.92 Å². The predicted octanol–water partition coefficient (Wildman–Crippen LogP) is 3.97. The highest BCUT2D eigenvalue weighted by Gasteiger charge is 2.24. The fraction of sp³-hybridized carbons (Fsp3) is 0.211. The van der Waals surface area contributed by atoms with Gasteiger partial charge in [0.15, 0.2) is 5.78 Å². The van der Waals surface area contributed by atoms with Crippen molar-refractivity contribution in [1.82, 2.24) is 0 Å². The second-order valence-corrected chi connectivity index (χ2v) is 5.01. The number of aliphatic hydroxyl groups excluding tert-OH is 1. The van der Waals surface area contributed by atoms with Crippen LogP contribution < -0.4 is 0 Å². The average molecular weight is 280 g/mol. The van der Waals surface area contributed by atoms with Crippen LogP contribution in [-0.2, 0) is 0 Å². The van der Waals surface area contributed by atoms with Gasteiger partial charge in [-0.2, -0.15) is 0 Å². The molecule has 0 aliphatic heterocycles. The molecule has 2 aromatic rings. The summed E-state index contributed by atoms with van der Waals surface area (Å²) < 4.78 is 0. The van der Waals surface area contributed by atoms with Crippen LogP contribution in [0.25, 0.3) is 6.08 Å². The van der Waals surface area contributed by atoms with Gasteiger partial charge in [-0.15, -0.1) is 0 Å². The molecule has 2 rings (SSSR count). The molecule has 108 valence electrons. The minimum Gasteiger partial charge on any atom is -0.388 e. The van der Waals surface area contributed by atoms with Gasteiger partial charge in [-0.1, -0.05) is 79.7 Å². The number of benzene rings is 2. The number of carbonyl (C=O) groups is 1. The highest BCUT2D eigenvalue weighted by Crippen LogP contribution is 2.18. The van der Waals surface area contributed by atoms with Crippen molar-refractivity contribution < 1.29 is 9.90 Å². The Morgan fingerprint density at radius 1 is 1.05 bits per heavy atom. The van der Waals surface area contributed by atoms with E-state index in [0.717, 1.165) is 5.56 Å². The lowest BCUT2D eigenvalue weighted by molar-refractivity contribution is 0.0773. The van der Waals surface area contributed by atoms with Gasteiger partial charge in [0.1, 0.15) is 0 Å². The quantitative estimate of drug-likeness (QED) is 0.813. The first-order chi connectivity index (χ1) is 10.2. The number of hydrogen-bond acceptors (Lipinski definition) is 2. The summed E-state index contributed by atoms with van der Waals surface area (Å²) in [6.45, 7) is 1.92. The summed E-state index contributed by atoms with van der Waals surface area (Å²) in [4.78, 5) is 12.4. The second-order valence-electron chi connectivity index (χ2n) is 5.01. The molecule has 0 unspecified atom stereocenters. The first-order valence-corrected chi connectivity index (χ1v) is 7.23. The molecule has 0 aliphatic carbocycles. The molecule has 2 heteroatoms. The highest BCUT2D eigenvalue weighted by atomic mass is 16.3. The van der Waals surface area contributed by atoms with Gasteiger partial charge in [0.2, 0.25) is 0 Å². The minimum absolute atomic E-state index is 0.0108. The summed E-state index contributed by atoms with van der Waals surface area (Å²) >= 11 is 0. The number of aliphatic hydroxyl groups is 1. The number of ketones is 1. The summed E-state index contributed by atoms with van der Waals surface area (Å²) in [5.74, 6) is -0.421. The average Bonchev–Trinajstić information content (AvgIpc) is 2.55. The molecule has 0 radical (unpaired) electrons. The predicted molar refractivity (Wildman–Crippen MR) is 86.0 cm³/mol. The van der Waals surface area contributed by atoms with E-state index >= 15 is 0 Å². The van der Waals surface area contributed by atoms with Crippen LogP contribution in [0.5, 0.6) is 0 Å². The number of hydrogen-bond donors (Lipinski definition) is 1. The van der Waals surface area contributed by atoms with Gasteiger partial charge in [0.05, 0.1) is 12.0 Å². The van der Waals surface area contributed by atoms with E-state index in [1.807, 2.05) is 61.5 Å². The van der Waals surface area contributed by atoms with Gasteiger partial charge in [-0.05, 0) is 12.0 Å². The van der Waals surface area contributed by atoms with E-state index in [-0.39, 0.29) is 5.78 Å². The normalized spacial score (nSPS) is 14.0. The number of rotatable bonds is 6. The highest BCUT2D eigenvalue weighted by molar-refractivity contribution is 5.98. The zero-order valence-electron chi connectivity index (χ0n) is 12.1. The Kier molecular flexibility index (Phi) is 5.47. The molecule has 2 nitrogen and oxygen atoms in total. The van der Waals surface area contributed by atoms with Gasteiger partial charge >= 0.3 is 0 Å². The van der Waals surface area contributed by atoms with Gasteiger partial charge in [-0.25, -0.2) is 0 Å². The first kappa shape index (κ1) is 15.2. The van der Waals surface area contributed by atoms with Crippen molar-refractivity contribution in [3.8, 4) is 0 Å². The standard InChI is InChI=1S/C19H20O2/c1-2-17(19(21)16-11-7-4-8-12-16)18(20)14-13-15-9-5-3-6-10-15/h3-14,17-18,20H,2H2,1H3/b14-13+/t17-,18+/m0/s1. The van der Waals surface area contributed by atoms with Crippen molar-refractivity contribution in [3.05, 3.63) is 77.9 Å². The third-order valence-corrected chi connectivity index (χ3v) is 3.53. The van der Waals surface area contributed by atoms with Crippen molar-refractivity contribution in [2.45, 2.75) is 19.4 Å². The fourth-order valence-corrected chi connectivity index (χ4v) is 2.31. The Morgan fingerprint density at radius 2 is 1.62 bits per heavy atom. The Morgan fingerprint density at radius 3 is 2.19 bits per heavy atom. The number of carbonyl (C=O) groups excluding carboxylic acids is 1. The third kappa shape index (κ3) is 4.14. The van der Waals surface area contributed by atoms with E-state index in [9.17, 15) is 9.90 Å². The van der Waals surface area contributed by atoms with Crippen LogP contribution in [0.1, 0.15) is 29.3 Å². The van der Waals surface area contributed by atoms with Gasteiger partial charge < -0.3 is 5.11 Å². The lowest BCUT2D eigenvalue weighted by Crippen LogP contribution is -2.26. The largest absolute Gasteiger partial charge is 0.388 e. The molecular formula is C19H20O2. The maximum absolute atomic E-state index is 12.4. The van der Waals surface area contributed by atoms with Crippen molar-refractivity contribution in [2.24, 2.45) is 5.92 Å². The molecule has 1 N–H and O–H groups in total. The maximum Gasteiger partial charge on any atom is 0.168 e. The molecule has 21 heavy (non-hydrogen) atoms. The van der Waals surface area contributed by atoms with E-state index in [1.165, 1.54) is 0 Å². The lowest BCUT2D eigenvalue weighted by atomic mass is 9.90. The van der Waals surface area contributed by atoms with Crippen LogP contribution in [0.15, 0.2) is 66.7 Å². The molecule has 0 heterocycles. The molecule has 0 saturated carbocycles. The molecular weight excluding hydrogens is 260 g/mol.